The molecule has 0 aliphatic heterocycles. The third-order valence-electron chi connectivity index (χ3n) is 7.01. The van der Waals surface area contributed by atoms with Crippen molar-refractivity contribution in [1.29, 1.82) is 0 Å². The Kier molecular flexibility index (Phi) is 9.15. The summed E-state index contributed by atoms with van der Waals surface area (Å²) in [6.45, 7) is 8.54. The van der Waals surface area contributed by atoms with Gasteiger partial charge in [-0.25, -0.2) is 0 Å². The summed E-state index contributed by atoms with van der Waals surface area (Å²) >= 11 is 0. The first kappa shape index (κ1) is 30.1. The zero-order chi connectivity index (χ0) is 30.4. The molecule has 2 N–H and O–H groups in total. The van der Waals surface area contributed by atoms with Crippen LogP contribution >= 0.6 is 0 Å². The normalized spacial score (nSPS) is 11.0. The summed E-state index contributed by atoms with van der Waals surface area (Å²) in [5.41, 5.74) is 5.86. The van der Waals surface area contributed by atoms with Crippen molar-refractivity contribution in [2.45, 2.75) is 39.7 Å². The van der Waals surface area contributed by atoms with E-state index in [0.717, 1.165) is 27.9 Å². The maximum absolute atomic E-state index is 13.3. The Morgan fingerprint density at radius 1 is 0.786 bits per heavy atom. The second-order valence-electron chi connectivity index (χ2n) is 10.9. The van der Waals surface area contributed by atoms with Crippen LogP contribution in [0.2, 0.25) is 0 Å². The van der Waals surface area contributed by atoms with E-state index in [2.05, 4.69) is 36.4 Å². The van der Waals surface area contributed by atoms with Gasteiger partial charge in [0.1, 0.15) is 5.75 Å². The average Bonchev–Trinajstić information content (AvgIpc) is 2.99. The smallest absolute Gasteiger partial charge is 0.259 e. The molecule has 8 nitrogen and oxygen atoms in total. The van der Waals surface area contributed by atoms with Crippen LogP contribution in [0, 0.1) is 6.92 Å². The number of nitrogens with one attached hydrogen (secondary N) is 2. The van der Waals surface area contributed by atoms with Crippen LogP contribution in [0.25, 0.3) is 11.1 Å². The van der Waals surface area contributed by atoms with E-state index in [1.54, 1.807) is 39.7 Å². The number of ether oxygens (including phenoxy) is 3. The van der Waals surface area contributed by atoms with Crippen LogP contribution in [0.15, 0.2) is 72.9 Å². The van der Waals surface area contributed by atoms with Gasteiger partial charge >= 0.3 is 0 Å². The number of hydrogen-bond donors (Lipinski definition) is 2. The molecular weight excluding hydrogens is 530 g/mol. The van der Waals surface area contributed by atoms with Gasteiger partial charge in [-0.2, -0.15) is 0 Å². The van der Waals surface area contributed by atoms with Gasteiger partial charge in [0.2, 0.25) is 0 Å². The Morgan fingerprint density at radius 2 is 1.45 bits per heavy atom. The quantitative estimate of drug-likeness (QED) is 0.238. The van der Waals surface area contributed by atoms with Crippen molar-refractivity contribution in [3.63, 3.8) is 0 Å². The molecule has 42 heavy (non-hydrogen) atoms. The van der Waals surface area contributed by atoms with Gasteiger partial charge in [-0.3, -0.25) is 14.6 Å². The van der Waals surface area contributed by atoms with Gasteiger partial charge in [0, 0.05) is 23.4 Å². The molecule has 0 bridgehead atoms. The highest BCUT2D eigenvalue weighted by Crippen LogP contribution is 2.30. The minimum atomic E-state index is -0.281. The highest BCUT2D eigenvalue weighted by atomic mass is 16.5. The number of methoxy groups -OCH3 is 3. The Hall–Kier alpha value is -4.85. The van der Waals surface area contributed by atoms with E-state index in [4.69, 9.17) is 14.2 Å². The summed E-state index contributed by atoms with van der Waals surface area (Å²) in [5, 5.41) is 5.90. The highest BCUT2D eigenvalue weighted by molar-refractivity contribution is 6.06. The SMILES string of the molecule is COc1ccc(CNC(=O)c2ccc(-c3cc(NC(=O)c4cc(C(C)(C)C)ccc4OC)cnc3C)cc2)cc1OC. The largest absolute Gasteiger partial charge is 0.496 e. The summed E-state index contributed by atoms with van der Waals surface area (Å²) in [7, 11) is 4.71. The number of pyridine rings is 1. The van der Waals surface area contributed by atoms with Crippen LogP contribution in [-0.4, -0.2) is 38.1 Å². The number of benzene rings is 3. The van der Waals surface area contributed by atoms with Crippen LogP contribution in [-0.2, 0) is 12.0 Å². The fourth-order valence-corrected chi connectivity index (χ4v) is 4.52. The van der Waals surface area contributed by atoms with Gasteiger partial charge < -0.3 is 24.8 Å². The lowest BCUT2D eigenvalue weighted by molar-refractivity contribution is 0.0950. The molecule has 1 aromatic heterocycles. The number of rotatable bonds is 9. The lowest BCUT2D eigenvalue weighted by atomic mass is 9.86. The molecule has 0 aliphatic carbocycles. The fraction of sp³-hybridized carbons (Fsp3) is 0.265. The molecule has 3 aromatic carbocycles. The third-order valence-corrected chi connectivity index (χ3v) is 7.01. The van der Waals surface area contributed by atoms with E-state index < -0.39 is 0 Å². The summed E-state index contributed by atoms with van der Waals surface area (Å²) in [6.07, 6.45) is 1.63. The molecule has 1 heterocycles. The van der Waals surface area contributed by atoms with Crippen LogP contribution in [0.5, 0.6) is 17.2 Å². The van der Waals surface area contributed by atoms with Crippen molar-refractivity contribution >= 4 is 17.5 Å². The van der Waals surface area contributed by atoms with Gasteiger partial charge in [0.05, 0.1) is 38.8 Å². The lowest BCUT2D eigenvalue weighted by Crippen LogP contribution is -2.22. The predicted molar refractivity (Wildman–Crippen MR) is 165 cm³/mol. The van der Waals surface area contributed by atoms with Crippen LogP contribution in [0.1, 0.15) is 58.3 Å². The summed E-state index contributed by atoms with van der Waals surface area (Å²) < 4.78 is 16.1. The molecule has 0 radical (unpaired) electrons. The van der Waals surface area contributed by atoms with Crippen molar-refractivity contribution in [2.75, 3.05) is 26.6 Å². The van der Waals surface area contributed by atoms with E-state index in [-0.39, 0.29) is 17.2 Å². The fourth-order valence-electron chi connectivity index (χ4n) is 4.52. The second kappa shape index (κ2) is 12.8. The van der Waals surface area contributed by atoms with Gasteiger partial charge in [0.25, 0.3) is 11.8 Å². The molecule has 0 saturated heterocycles. The minimum absolute atomic E-state index is 0.119. The first-order valence-electron chi connectivity index (χ1n) is 13.6. The van der Waals surface area contributed by atoms with Gasteiger partial charge in [0.15, 0.2) is 11.5 Å². The molecule has 8 heteroatoms. The molecule has 0 fully saturated rings. The zero-order valence-electron chi connectivity index (χ0n) is 25.1. The molecule has 218 valence electrons. The number of amides is 2. The number of carbonyl (C=O) groups excluding carboxylic acids is 2. The number of aromatic nitrogens is 1. The third kappa shape index (κ3) is 6.89. The minimum Gasteiger partial charge on any atom is -0.496 e. The van der Waals surface area contributed by atoms with E-state index >= 15 is 0 Å². The maximum atomic E-state index is 13.3. The van der Waals surface area contributed by atoms with Crippen LogP contribution < -0.4 is 24.8 Å². The Labute approximate surface area is 247 Å². The standard InChI is InChI=1S/C34H37N3O5/c1-21-27(18-26(20-35-21)37-33(39)28-17-25(34(2,3)4)13-15-29(28)40-5)23-9-11-24(12-10-23)32(38)36-19-22-8-14-30(41-6)31(16-22)42-7/h8-18,20H,19H2,1-7H3,(H,36,38)(H,37,39). The monoisotopic (exact) mass is 567 g/mol. The predicted octanol–water partition coefficient (Wildman–Crippen LogP) is 6.56. The van der Waals surface area contributed by atoms with E-state index in [0.29, 0.717) is 40.6 Å². The van der Waals surface area contributed by atoms with Gasteiger partial charge in [-0.1, -0.05) is 45.0 Å². The lowest BCUT2D eigenvalue weighted by Gasteiger charge is -2.21. The number of aryl methyl sites for hydroxylation is 1. The first-order valence-corrected chi connectivity index (χ1v) is 13.6. The van der Waals surface area contributed by atoms with E-state index in [1.165, 1.54) is 0 Å². The average molecular weight is 568 g/mol. The van der Waals surface area contributed by atoms with Crippen molar-refractivity contribution in [2.24, 2.45) is 0 Å². The second-order valence-corrected chi connectivity index (χ2v) is 10.9. The number of nitrogens with zero attached hydrogens (tertiary/aromatic N) is 1. The highest BCUT2D eigenvalue weighted by Gasteiger charge is 2.20. The summed E-state index contributed by atoms with van der Waals surface area (Å²) in [4.78, 5) is 30.6. The summed E-state index contributed by atoms with van der Waals surface area (Å²) in [5.74, 6) is 1.26. The topological polar surface area (TPSA) is 98.8 Å². The molecule has 4 rings (SSSR count). The number of carbonyl (C=O) groups is 2. The molecule has 0 unspecified atom stereocenters. The van der Waals surface area contributed by atoms with Crippen LogP contribution in [0.4, 0.5) is 5.69 Å². The van der Waals surface area contributed by atoms with Gasteiger partial charge in [-0.15, -0.1) is 0 Å². The van der Waals surface area contributed by atoms with E-state index in [9.17, 15) is 9.59 Å². The molecule has 0 aliphatic rings. The Bertz CT molecular complexity index is 1590. The number of hydrogen-bond acceptors (Lipinski definition) is 6. The molecule has 2 amide bonds. The molecular formula is C34H37N3O5. The molecule has 0 spiro atoms. The summed E-state index contributed by atoms with van der Waals surface area (Å²) in [6, 6.07) is 20.3. The first-order chi connectivity index (χ1) is 20.0. The molecule has 4 aromatic rings. The Morgan fingerprint density at radius 3 is 2.10 bits per heavy atom. The molecule has 0 saturated carbocycles. The van der Waals surface area contributed by atoms with Crippen molar-refractivity contribution < 1.29 is 23.8 Å². The van der Waals surface area contributed by atoms with Gasteiger partial charge in [-0.05, 0) is 71.5 Å². The zero-order valence-corrected chi connectivity index (χ0v) is 25.1. The Balaban J connectivity index is 1.48. The van der Waals surface area contributed by atoms with Crippen molar-refractivity contribution in [1.82, 2.24) is 10.3 Å². The maximum Gasteiger partial charge on any atom is 0.259 e. The van der Waals surface area contributed by atoms with Crippen molar-refractivity contribution in [3.8, 4) is 28.4 Å². The molecule has 0 atom stereocenters. The van der Waals surface area contributed by atoms with E-state index in [1.807, 2.05) is 61.5 Å². The van der Waals surface area contributed by atoms with Crippen molar-refractivity contribution in [3.05, 3.63) is 101 Å². The number of anilines is 1. The van der Waals surface area contributed by atoms with Crippen LogP contribution in [0.3, 0.4) is 0 Å².